The molecule has 3 aromatic heterocycles. The van der Waals surface area contributed by atoms with Gasteiger partial charge in [0, 0.05) is 38.6 Å². The number of hydrogen-bond acceptors (Lipinski definition) is 7. The van der Waals surface area contributed by atoms with E-state index in [2.05, 4.69) is 15.2 Å². The second kappa shape index (κ2) is 6.85. The maximum Gasteiger partial charge on any atom is 0.244 e. The fourth-order valence-corrected chi connectivity index (χ4v) is 4.24. The molecule has 0 aromatic carbocycles. The third kappa shape index (κ3) is 3.18. The molecule has 8 nitrogen and oxygen atoms in total. The summed E-state index contributed by atoms with van der Waals surface area (Å²) in [6, 6.07) is 10.5. The summed E-state index contributed by atoms with van der Waals surface area (Å²) >= 11 is 0. The van der Waals surface area contributed by atoms with Gasteiger partial charge in [-0.1, -0.05) is 0 Å². The lowest BCUT2D eigenvalue weighted by atomic mass is 10.3. The first-order chi connectivity index (χ1) is 12.6. The standard InChI is InChI=1S/C17H17N5O3S/c23-26(24,14-3-1-7-18-13-14)22-10-8-21(9-11-22)17-6-5-15(19-20-17)16-4-2-12-25-16/h1-7,12-13H,8-11H2. The van der Waals surface area contributed by atoms with E-state index in [-0.39, 0.29) is 4.90 Å². The summed E-state index contributed by atoms with van der Waals surface area (Å²) in [6.45, 7) is 1.88. The molecule has 0 aliphatic carbocycles. The molecule has 1 aliphatic heterocycles. The second-order valence-corrected chi connectivity index (χ2v) is 7.77. The van der Waals surface area contributed by atoms with E-state index in [0.717, 1.165) is 5.82 Å². The molecule has 1 fully saturated rings. The van der Waals surface area contributed by atoms with Gasteiger partial charge < -0.3 is 9.32 Å². The van der Waals surface area contributed by atoms with Crippen molar-refractivity contribution in [1.29, 1.82) is 0 Å². The van der Waals surface area contributed by atoms with E-state index in [9.17, 15) is 8.42 Å². The number of nitrogens with zero attached hydrogens (tertiary/aromatic N) is 5. The molecule has 0 radical (unpaired) electrons. The molecule has 0 spiro atoms. The molecule has 26 heavy (non-hydrogen) atoms. The number of furan rings is 1. The van der Waals surface area contributed by atoms with Crippen LogP contribution in [0.5, 0.6) is 0 Å². The van der Waals surface area contributed by atoms with E-state index in [4.69, 9.17) is 4.42 Å². The Kier molecular flexibility index (Phi) is 4.39. The Hall–Kier alpha value is -2.78. The van der Waals surface area contributed by atoms with Crippen molar-refractivity contribution in [3.63, 3.8) is 0 Å². The van der Waals surface area contributed by atoms with Crippen LogP contribution in [0.25, 0.3) is 11.5 Å². The first-order valence-electron chi connectivity index (χ1n) is 8.17. The van der Waals surface area contributed by atoms with Gasteiger partial charge in [-0.05, 0) is 36.4 Å². The normalized spacial score (nSPS) is 15.9. The number of anilines is 1. The van der Waals surface area contributed by atoms with Crippen molar-refractivity contribution in [3.05, 3.63) is 55.1 Å². The van der Waals surface area contributed by atoms with Crippen LogP contribution in [0.2, 0.25) is 0 Å². The summed E-state index contributed by atoms with van der Waals surface area (Å²) in [4.78, 5) is 6.14. The smallest absolute Gasteiger partial charge is 0.244 e. The summed E-state index contributed by atoms with van der Waals surface area (Å²) < 4.78 is 32.1. The van der Waals surface area contributed by atoms with Crippen LogP contribution < -0.4 is 4.90 Å². The number of rotatable bonds is 4. The average molecular weight is 371 g/mol. The van der Waals surface area contributed by atoms with Gasteiger partial charge in [0.15, 0.2) is 11.6 Å². The average Bonchev–Trinajstić information content (AvgIpc) is 3.24. The predicted molar refractivity (Wildman–Crippen MR) is 94.9 cm³/mol. The molecular weight excluding hydrogens is 354 g/mol. The fraction of sp³-hybridized carbons (Fsp3) is 0.235. The van der Waals surface area contributed by atoms with Crippen molar-refractivity contribution in [2.75, 3.05) is 31.1 Å². The lowest BCUT2D eigenvalue weighted by Crippen LogP contribution is -2.49. The summed E-state index contributed by atoms with van der Waals surface area (Å²) in [7, 11) is -3.51. The van der Waals surface area contributed by atoms with Gasteiger partial charge >= 0.3 is 0 Å². The molecular formula is C17H17N5O3S. The largest absolute Gasteiger partial charge is 0.463 e. The van der Waals surface area contributed by atoms with Crippen LogP contribution >= 0.6 is 0 Å². The van der Waals surface area contributed by atoms with Gasteiger partial charge in [0.05, 0.1) is 6.26 Å². The predicted octanol–water partition coefficient (Wildman–Crippen LogP) is 1.64. The minimum atomic E-state index is -3.51. The highest BCUT2D eigenvalue weighted by Crippen LogP contribution is 2.21. The summed E-state index contributed by atoms with van der Waals surface area (Å²) in [5.74, 6) is 1.38. The summed E-state index contributed by atoms with van der Waals surface area (Å²) in [5.41, 5.74) is 0.663. The van der Waals surface area contributed by atoms with Gasteiger partial charge in [-0.15, -0.1) is 10.2 Å². The lowest BCUT2D eigenvalue weighted by molar-refractivity contribution is 0.383. The van der Waals surface area contributed by atoms with Crippen LogP contribution in [0.4, 0.5) is 5.82 Å². The van der Waals surface area contributed by atoms with Crippen molar-refractivity contribution < 1.29 is 12.8 Å². The third-order valence-electron chi connectivity index (χ3n) is 4.26. The minimum Gasteiger partial charge on any atom is -0.463 e. The molecule has 0 unspecified atom stereocenters. The second-order valence-electron chi connectivity index (χ2n) is 5.83. The van der Waals surface area contributed by atoms with E-state index >= 15 is 0 Å². The van der Waals surface area contributed by atoms with Crippen LogP contribution in [0.15, 0.2) is 64.4 Å². The quantitative estimate of drug-likeness (QED) is 0.688. The molecule has 4 heterocycles. The maximum absolute atomic E-state index is 12.6. The summed E-state index contributed by atoms with van der Waals surface area (Å²) in [6.07, 6.45) is 4.52. The SMILES string of the molecule is O=S(=O)(c1cccnc1)N1CCN(c2ccc(-c3ccco3)nn2)CC1. The summed E-state index contributed by atoms with van der Waals surface area (Å²) in [5, 5.41) is 8.43. The molecule has 0 N–H and O–H groups in total. The van der Waals surface area contributed by atoms with Crippen LogP contribution in [-0.2, 0) is 10.0 Å². The van der Waals surface area contributed by atoms with E-state index in [0.29, 0.717) is 37.6 Å². The first-order valence-corrected chi connectivity index (χ1v) is 9.61. The van der Waals surface area contributed by atoms with E-state index in [1.807, 2.05) is 23.1 Å². The zero-order valence-electron chi connectivity index (χ0n) is 13.9. The monoisotopic (exact) mass is 371 g/mol. The van der Waals surface area contributed by atoms with Gasteiger partial charge in [0.25, 0.3) is 0 Å². The van der Waals surface area contributed by atoms with Crippen LogP contribution in [-0.4, -0.2) is 54.1 Å². The Morgan fingerprint density at radius 3 is 2.42 bits per heavy atom. The van der Waals surface area contributed by atoms with Crippen LogP contribution in [0, 0.1) is 0 Å². The highest BCUT2D eigenvalue weighted by molar-refractivity contribution is 7.89. The van der Waals surface area contributed by atoms with Crippen molar-refractivity contribution in [2.45, 2.75) is 4.90 Å². The van der Waals surface area contributed by atoms with Crippen LogP contribution in [0.3, 0.4) is 0 Å². The van der Waals surface area contributed by atoms with Gasteiger partial charge in [0.2, 0.25) is 10.0 Å². The molecule has 0 atom stereocenters. The van der Waals surface area contributed by atoms with E-state index in [1.54, 1.807) is 30.7 Å². The fourth-order valence-electron chi connectivity index (χ4n) is 2.86. The molecule has 134 valence electrons. The molecule has 1 saturated heterocycles. The molecule has 0 bridgehead atoms. The molecule has 4 rings (SSSR count). The number of aromatic nitrogens is 3. The van der Waals surface area contributed by atoms with Crippen molar-refractivity contribution in [3.8, 4) is 11.5 Å². The number of sulfonamides is 1. The van der Waals surface area contributed by atoms with Gasteiger partial charge in [-0.2, -0.15) is 4.31 Å². The third-order valence-corrected chi connectivity index (χ3v) is 6.14. The Balaban J connectivity index is 1.44. The molecule has 0 amide bonds. The maximum atomic E-state index is 12.6. The molecule has 1 aliphatic rings. The topological polar surface area (TPSA) is 92.4 Å². The zero-order chi connectivity index (χ0) is 18.0. The van der Waals surface area contributed by atoms with Crippen LogP contribution in [0.1, 0.15) is 0 Å². The zero-order valence-corrected chi connectivity index (χ0v) is 14.7. The van der Waals surface area contributed by atoms with E-state index in [1.165, 1.54) is 10.5 Å². The Labute approximate surface area is 151 Å². The van der Waals surface area contributed by atoms with Crippen molar-refractivity contribution in [1.82, 2.24) is 19.5 Å². The van der Waals surface area contributed by atoms with Gasteiger partial charge in [0.1, 0.15) is 10.6 Å². The number of pyridine rings is 1. The number of hydrogen-bond donors (Lipinski definition) is 0. The molecule has 9 heteroatoms. The van der Waals surface area contributed by atoms with E-state index < -0.39 is 10.0 Å². The highest BCUT2D eigenvalue weighted by atomic mass is 32.2. The minimum absolute atomic E-state index is 0.219. The Morgan fingerprint density at radius 1 is 0.962 bits per heavy atom. The Morgan fingerprint density at radius 2 is 1.81 bits per heavy atom. The first kappa shape index (κ1) is 16.7. The molecule has 3 aromatic rings. The van der Waals surface area contributed by atoms with Crippen molar-refractivity contribution in [2.24, 2.45) is 0 Å². The number of piperazine rings is 1. The van der Waals surface area contributed by atoms with Crippen molar-refractivity contribution >= 4 is 15.8 Å². The lowest BCUT2D eigenvalue weighted by Gasteiger charge is -2.34. The highest BCUT2D eigenvalue weighted by Gasteiger charge is 2.29. The van der Waals surface area contributed by atoms with Gasteiger partial charge in [-0.3, -0.25) is 4.98 Å². The van der Waals surface area contributed by atoms with Gasteiger partial charge in [-0.25, -0.2) is 8.42 Å². The Bertz CT molecular complexity index is 951. The molecule has 0 saturated carbocycles.